The van der Waals surface area contributed by atoms with Crippen LogP contribution in [-0.4, -0.2) is 53.6 Å². The number of nitrogens with one attached hydrogen (secondary N) is 1. The Balaban J connectivity index is 1.72. The van der Waals surface area contributed by atoms with Crippen molar-refractivity contribution in [1.82, 2.24) is 15.2 Å². The molecule has 8 nitrogen and oxygen atoms in total. The van der Waals surface area contributed by atoms with Crippen LogP contribution in [0.15, 0.2) is 50.5 Å². The molecule has 1 unspecified atom stereocenters. The van der Waals surface area contributed by atoms with Gasteiger partial charge in [0, 0.05) is 36.3 Å². The van der Waals surface area contributed by atoms with Gasteiger partial charge in [-0.05, 0) is 61.2 Å². The molecule has 3 heterocycles. The first kappa shape index (κ1) is 26.3. The highest BCUT2D eigenvalue weighted by Crippen LogP contribution is 2.40. The number of nitrogens with zero attached hydrogens (tertiary/aromatic N) is 3. The highest BCUT2D eigenvalue weighted by molar-refractivity contribution is 9.10. The van der Waals surface area contributed by atoms with Crippen molar-refractivity contribution in [3.63, 3.8) is 0 Å². The van der Waals surface area contributed by atoms with Gasteiger partial charge in [-0.2, -0.15) is 0 Å². The number of methoxy groups -OCH3 is 1. The Bertz CT molecular complexity index is 1200. The minimum absolute atomic E-state index is 0.0851. The number of allylic oxidation sites excluding steroid dienone is 1. The van der Waals surface area contributed by atoms with Gasteiger partial charge in [0.05, 0.1) is 17.2 Å². The number of carbonyl (C=O) groups excluding carboxylic acids is 2. The third-order valence-corrected chi connectivity index (χ3v) is 7.56. The standard InChI is InChI=1S/C25H28BrFN4O4S/c1-25(2,3)35-24(33)31-11-8-14(9-12-31)19-17(23(32)34-4)20(15-6-5-7-16(27)18(15)26)30-21(29-19)22-28-10-13-36-22/h5-7,10,13-14,20H,8-9,11-12H2,1-4H3,(H,29,30). The molecule has 36 heavy (non-hydrogen) atoms. The van der Waals surface area contributed by atoms with Gasteiger partial charge in [-0.3, -0.25) is 4.99 Å². The predicted octanol–water partition coefficient (Wildman–Crippen LogP) is 5.21. The van der Waals surface area contributed by atoms with E-state index in [0.29, 0.717) is 53.6 Å². The molecule has 1 atom stereocenters. The van der Waals surface area contributed by atoms with Crippen molar-refractivity contribution in [3.8, 4) is 0 Å². The molecule has 0 aliphatic carbocycles. The first-order valence-electron chi connectivity index (χ1n) is 11.6. The zero-order chi connectivity index (χ0) is 26.0. The number of likely N-dealkylation sites (tertiary alicyclic amines) is 1. The Labute approximate surface area is 221 Å². The van der Waals surface area contributed by atoms with E-state index in [1.54, 1.807) is 23.2 Å². The van der Waals surface area contributed by atoms with Crippen molar-refractivity contribution >= 4 is 45.2 Å². The van der Waals surface area contributed by atoms with E-state index >= 15 is 0 Å². The maximum absolute atomic E-state index is 14.5. The summed E-state index contributed by atoms with van der Waals surface area (Å²) in [4.78, 5) is 36.5. The molecular formula is C25H28BrFN4O4S. The zero-order valence-corrected chi connectivity index (χ0v) is 22.9. The molecule has 1 amide bonds. The summed E-state index contributed by atoms with van der Waals surface area (Å²) in [7, 11) is 1.32. The molecule has 192 valence electrons. The second-order valence-corrected chi connectivity index (χ2v) is 11.2. The number of hydrogen-bond acceptors (Lipinski definition) is 8. The molecule has 0 bridgehead atoms. The van der Waals surface area contributed by atoms with E-state index in [-0.39, 0.29) is 16.5 Å². The highest BCUT2D eigenvalue weighted by atomic mass is 79.9. The second kappa shape index (κ2) is 10.7. The van der Waals surface area contributed by atoms with Crippen LogP contribution < -0.4 is 5.32 Å². The Morgan fingerprint density at radius 1 is 1.25 bits per heavy atom. The molecule has 1 N–H and O–H groups in total. The van der Waals surface area contributed by atoms with Crippen molar-refractivity contribution < 1.29 is 23.5 Å². The lowest BCUT2D eigenvalue weighted by molar-refractivity contribution is -0.136. The number of halogens is 2. The summed E-state index contributed by atoms with van der Waals surface area (Å²) in [6.07, 6.45) is 2.52. The number of ether oxygens (including phenoxy) is 2. The molecule has 1 fully saturated rings. The van der Waals surface area contributed by atoms with Crippen LogP contribution >= 0.6 is 27.3 Å². The van der Waals surface area contributed by atoms with E-state index in [1.165, 1.54) is 24.5 Å². The number of thiazole rings is 1. The van der Waals surface area contributed by atoms with Gasteiger partial charge in [0.25, 0.3) is 0 Å². The van der Waals surface area contributed by atoms with Crippen LogP contribution in [0.4, 0.5) is 9.18 Å². The topological polar surface area (TPSA) is 93.1 Å². The van der Waals surface area contributed by atoms with E-state index in [9.17, 15) is 14.0 Å². The molecule has 1 aromatic heterocycles. The van der Waals surface area contributed by atoms with E-state index in [4.69, 9.17) is 14.5 Å². The Morgan fingerprint density at radius 3 is 2.58 bits per heavy atom. The lowest BCUT2D eigenvalue weighted by atomic mass is 9.86. The van der Waals surface area contributed by atoms with Crippen LogP contribution in [0.1, 0.15) is 50.2 Å². The zero-order valence-electron chi connectivity index (χ0n) is 20.5. The summed E-state index contributed by atoms with van der Waals surface area (Å²) in [5.74, 6) is -0.579. The quantitative estimate of drug-likeness (QED) is 0.500. The Morgan fingerprint density at radius 2 is 1.97 bits per heavy atom. The van der Waals surface area contributed by atoms with Crippen LogP contribution in [0.2, 0.25) is 0 Å². The van der Waals surface area contributed by atoms with Crippen LogP contribution in [0.25, 0.3) is 0 Å². The number of aliphatic imine (C=N–C) groups is 1. The van der Waals surface area contributed by atoms with Gasteiger partial charge in [-0.25, -0.2) is 19.0 Å². The average molecular weight is 579 g/mol. The van der Waals surface area contributed by atoms with Gasteiger partial charge >= 0.3 is 12.1 Å². The minimum atomic E-state index is -0.804. The summed E-state index contributed by atoms with van der Waals surface area (Å²) < 4.78 is 25.4. The summed E-state index contributed by atoms with van der Waals surface area (Å²) in [6.45, 7) is 6.44. The van der Waals surface area contributed by atoms with Crippen LogP contribution in [0, 0.1) is 11.7 Å². The van der Waals surface area contributed by atoms with E-state index < -0.39 is 23.4 Å². The van der Waals surface area contributed by atoms with Gasteiger partial charge in [-0.15, -0.1) is 11.3 Å². The van der Waals surface area contributed by atoms with Crippen molar-refractivity contribution in [1.29, 1.82) is 0 Å². The predicted molar refractivity (Wildman–Crippen MR) is 138 cm³/mol. The van der Waals surface area contributed by atoms with Gasteiger partial charge in [-0.1, -0.05) is 12.1 Å². The number of amides is 1. The molecule has 2 aliphatic heterocycles. The fraction of sp³-hybridized carbons (Fsp3) is 0.440. The summed E-state index contributed by atoms with van der Waals surface area (Å²) in [5.41, 5.74) is 0.908. The van der Waals surface area contributed by atoms with E-state index in [0.717, 1.165) is 0 Å². The van der Waals surface area contributed by atoms with E-state index in [2.05, 4.69) is 26.2 Å². The van der Waals surface area contributed by atoms with Crippen LogP contribution in [0.5, 0.6) is 0 Å². The monoisotopic (exact) mass is 578 g/mol. The maximum atomic E-state index is 14.5. The fourth-order valence-corrected chi connectivity index (χ4v) is 5.37. The lowest BCUT2D eigenvalue weighted by Gasteiger charge is -2.37. The van der Waals surface area contributed by atoms with Gasteiger partial charge in [0.2, 0.25) is 0 Å². The average Bonchev–Trinajstić information content (AvgIpc) is 3.39. The number of carbonyl (C=O) groups is 2. The van der Waals surface area contributed by atoms with Crippen molar-refractivity contribution in [3.05, 3.63) is 61.9 Å². The fourth-order valence-electron chi connectivity index (χ4n) is 4.30. The molecular weight excluding hydrogens is 551 g/mol. The summed E-state index contributed by atoms with van der Waals surface area (Å²) in [6, 6.07) is 3.86. The number of piperidine rings is 1. The van der Waals surface area contributed by atoms with Gasteiger partial charge < -0.3 is 19.7 Å². The summed E-state index contributed by atoms with van der Waals surface area (Å²) in [5, 5.41) is 5.83. The molecule has 4 rings (SSSR count). The van der Waals surface area contributed by atoms with Crippen LogP contribution in [0.3, 0.4) is 0 Å². The van der Waals surface area contributed by atoms with Gasteiger partial charge in [0.15, 0.2) is 10.8 Å². The summed E-state index contributed by atoms with van der Waals surface area (Å²) >= 11 is 4.75. The largest absolute Gasteiger partial charge is 0.466 e. The molecule has 2 aliphatic rings. The SMILES string of the molecule is COC(=O)C1=C(C2CCN(C(=O)OC(C)(C)C)CC2)NC(c2nccs2)=NC1c1cccc(F)c1Br. The Kier molecular flexibility index (Phi) is 7.79. The van der Waals surface area contributed by atoms with Gasteiger partial charge in [0.1, 0.15) is 17.5 Å². The third-order valence-electron chi connectivity index (χ3n) is 5.95. The van der Waals surface area contributed by atoms with Crippen molar-refractivity contribution in [2.24, 2.45) is 10.9 Å². The molecule has 2 aromatic rings. The molecule has 1 aromatic carbocycles. The number of aromatic nitrogens is 1. The number of hydrogen-bond donors (Lipinski definition) is 1. The molecule has 11 heteroatoms. The molecule has 1 saturated heterocycles. The smallest absolute Gasteiger partial charge is 0.410 e. The van der Waals surface area contributed by atoms with Crippen molar-refractivity contribution in [2.75, 3.05) is 20.2 Å². The lowest BCUT2D eigenvalue weighted by Crippen LogP contribution is -2.44. The number of esters is 1. The Hall–Kier alpha value is -2.79. The number of benzene rings is 1. The molecule has 0 saturated carbocycles. The minimum Gasteiger partial charge on any atom is -0.466 e. The first-order chi connectivity index (χ1) is 17.1. The first-order valence-corrected chi connectivity index (χ1v) is 13.2. The highest BCUT2D eigenvalue weighted by Gasteiger charge is 2.38. The normalized spacial score (nSPS) is 19.0. The second-order valence-electron chi connectivity index (χ2n) is 9.55. The molecule has 0 radical (unpaired) electrons. The number of amidine groups is 1. The number of rotatable bonds is 4. The molecule has 0 spiro atoms. The van der Waals surface area contributed by atoms with E-state index in [1.807, 2.05) is 26.2 Å². The van der Waals surface area contributed by atoms with Crippen molar-refractivity contribution in [2.45, 2.75) is 45.3 Å². The maximum Gasteiger partial charge on any atom is 0.410 e. The third kappa shape index (κ3) is 5.62. The van der Waals surface area contributed by atoms with Crippen LogP contribution in [-0.2, 0) is 14.3 Å².